The monoisotopic (exact) mass is 371 g/mol. The maximum atomic E-state index is 12.8. The summed E-state index contributed by atoms with van der Waals surface area (Å²) in [6.07, 6.45) is 2.82. The summed E-state index contributed by atoms with van der Waals surface area (Å²) < 4.78 is 6.94. The molecule has 1 aliphatic heterocycles. The highest BCUT2D eigenvalue weighted by Gasteiger charge is 2.34. The summed E-state index contributed by atoms with van der Waals surface area (Å²) in [6, 6.07) is 5.69. The van der Waals surface area contributed by atoms with Crippen LogP contribution in [0.1, 0.15) is 55.1 Å². The van der Waals surface area contributed by atoms with Crippen LogP contribution in [-0.4, -0.2) is 43.9 Å². The number of unbranched alkanes of at least 4 members (excludes halogenated alkanes) is 2. The van der Waals surface area contributed by atoms with Crippen LogP contribution in [0.4, 0.5) is 5.95 Å². The van der Waals surface area contributed by atoms with Crippen molar-refractivity contribution in [2.45, 2.75) is 39.2 Å². The fourth-order valence-electron chi connectivity index (χ4n) is 2.99. The number of allylic oxidation sites excluding steroid dienone is 1. The molecule has 1 aromatic carbocycles. The van der Waals surface area contributed by atoms with E-state index in [0.29, 0.717) is 29.4 Å². The molecule has 9 nitrogen and oxygen atoms in total. The number of benzene rings is 1. The molecule has 0 fully saturated rings. The van der Waals surface area contributed by atoms with Crippen molar-refractivity contribution < 1.29 is 19.4 Å². The minimum atomic E-state index is -1.02. The Balaban J connectivity index is 1.94. The smallest absolute Gasteiger partial charge is 0.338 e. The van der Waals surface area contributed by atoms with Gasteiger partial charge in [0.15, 0.2) is 0 Å². The normalized spacial score (nSPS) is 15.9. The topological polar surface area (TPSA) is 119 Å². The standard InChI is InChI=1S/C18H21N5O4/c1-3-4-5-10-27-17(26)14-11(2)19-18-20-21-22-23(18)15(14)12-6-8-13(9-7-12)16(24)25/h6-9,15H,3-5,10H2,1-2H3,(H,24,25)(H,19,20,22)/t15-/m1/s1. The molecule has 1 aromatic heterocycles. The van der Waals surface area contributed by atoms with Crippen LogP contribution in [0.15, 0.2) is 35.5 Å². The second kappa shape index (κ2) is 7.98. The zero-order chi connectivity index (χ0) is 19.4. The van der Waals surface area contributed by atoms with Gasteiger partial charge < -0.3 is 15.2 Å². The lowest BCUT2D eigenvalue weighted by Gasteiger charge is -2.27. The van der Waals surface area contributed by atoms with Crippen LogP contribution in [-0.2, 0) is 9.53 Å². The molecular formula is C18H21N5O4. The van der Waals surface area contributed by atoms with E-state index < -0.39 is 18.0 Å². The molecule has 3 rings (SSSR count). The van der Waals surface area contributed by atoms with Crippen LogP contribution in [0.3, 0.4) is 0 Å². The molecule has 0 spiro atoms. The Labute approximate surface area is 156 Å². The number of carbonyl (C=O) groups excluding carboxylic acids is 1. The van der Waals surface area contributed by atoms with Crippen molar-refractivity contribution >= 4 is 17.9 Å². The number of hydrogen-bond donors (Lipinski definition) is 2. The number of fused-ring (bicyclic) bond motifs is 1. The number of rotatable bonds is 7. The molecular weight excluding hydrogens is 350 g/mol. The Bertz CT molecular complexity index is 872. The third kappa shape index (κ3) is 3.81. The van der Waals surface area contributed by atoms with Gasteiger partial charge in [0, 0.05) is 5.70 Å². The maximum Gasteiger partial charge on any atom is 0.338 e. The van der Waals surface area contributed by atoms with E-state index in [1.807, 2.05) is 0 Å². The van der Waals surface area contributed by atoms with Gasteiger partial charge in [-0.15, -0.1) is 0 Å². The van der Waals surface area contributed by atoms with Gasteiger partial charge in [-0.25, -0.2) is 9.59 Å². The van der Waals surface area contributed by atoms with E-state index in [2.05, 4.69) is 27.8 Å². The Morgan fingerprint density at radius 3 is 2.67 bits per heavy atom. The first-order chi connectivity index (χ1) is 13.0. The Morgan fingerprint density at radius 2 is 2.00 bits per heavy atom. The average molecular weight is 371 g/mol. The van der Waals surface area contributed by atoms with Crippen LogP contribution in [0.5, 0.6) is 0 Å². The lowest BCUT2D eigenvalue weighted by atomic mass is 9.95. The summed E-state index contributed by atoms with van der Waals surface area (Å²) in [5.74, 6) is -1.05. The van der Waals surface area contributed by atoms with Gasteiger partial charge in [-0.2, -0.15) is 4.68 Å². The molecule has 1 atom stereocenters. The third-order valence-corrected chi connectivity index (χ3v) is 4.39. The average Bonchev–Trinajstić information content (AvgIpc) is 3.12. The van der Waals surface area contributed by atoms with Gasteiger partial charge in [0.25, 0.3) is 0 Å². The van der Waals surface area contributed by atoms with Gasteiger partial charge in [-0.05, 0) is 41.5 Å². The summed E-state index contributed by atoms with van der Waals surface area (Å²) in [5, 5.41) is 23.7. The number of carbonyl (C=O) groups is 2. The molecule has 0 saturated heterocycles. The number of carboxylic acid groups (broad SMARTS) is 1. The summed E-state index contributed by atoms with van der Waals surface area (Å²) in [7, 11) is 0. The van der Waals surface area contributed by atoms with Crippen LogP contribution in [0.25, 0.3) is 0 Å². The van der Waals surface area contributed by atoms with Gasteiger partial charge in [-0.1, -0.05) is 37.0 Å². The second-order valence-corrected chi connectivity index (χ2v) is 6.28. The highest BCUT2D eigenvalue weighted by atomic mass is 16.5. The third-order valence-electron chi connectivity index (χ3n) is 4.39. The van der Waals surface area contributed by atoms with Crippen molar-refractivity contribution in [1.82, 2.24) is 20.2 Å². The number of aromatic carboxylic acids is 1. The minimum Gasteiger partial charge on any atom is -0.478 e. The molecule has 0 radical (unpaired) electrons. The number of nitrogens with one attached hydrogen (secondary N) is 1. The van der Waals surface area contributed by atoms with Crippen LogP contribution < -0.4 is 5.32 Å². The Morgan fingerprint density at radius 1 is 1.26 bits per heavy atom. The number of esters is 1. The zero-order valence-electron chi connectivity index (χ0n) is 15.2. The molecule has 0 saturated carbocycles. The molecule has 0 aliphatic carbocycles. The second-order valence-electron chi connectivity index (χ2n) is 6.28. The summed E-state index contributed by atoms with van der Waals surface area (Å²) in [6.45, 7) is 4.19. The van der Waals surface area contributed by atoms with E-state index in [-0.39, 0.29) is 5.56 Å². The molecule has 9 heteroatoms. The molecule has 0 amide bonds. The summed E-state index contributed by atoms with van der Waals surface area (Å²) in [4.78, 5) is 23.9. The fraction of sp³-hybridized carbons (Fsp3) is 0.389. The first-order valence-corrected chi connectivity index (χ1v) is 8.79. The van der Waals surface area contributed by atoms with E-state index in [1.54, 1.807) is 19.1 Å². The number of anilines is 1. The maximum absolute atomic E-state index is 12.8. The number of aromatic nitrogens is 4. The lowest BCUT2D eigenvalue weighted by Crippen LogP contribution is -2.30. The van der Waals surface area contributed by atoms with Crippen molar-refractivity contribution in [2.24, 2.45) is 0 Å². The molecule has 2 N–H and O–H groups in total. The number of carboxylic acids is 1. The molecule has 142 valence electrons. The zero-order valence-corrected chi connectivity index (χ0v) is 15.2. The highest BCUT2D eigenvalue weighted by molar-refractivity contribution is 5.92. The molecule has 0 bridgehead atoms. The van der Waals surface area contributed by atoms with Crippen molar-refractivity contribution in [1.29, 1.82) is 0 Å². The predicted molar refractivity (Wildman–Crippen MR) is 96.2 cm³/mol. The van der Waals surface area contributed by atoms with Crippen molar-refractivity contribution in [2.75, 3.05) is 11.9 Å². The Hall–Kier alpha value is -3.23. The SMILES string of the molecule is CCCCCOC(=O)C1=C(C)Nc2nnnn2[C@@H]1c1ccc(C(=O)O)cc1. The number of nitrogens with zero attached hydrogens (tertiary/aromatic N) is 4. The van der Waals surface area contributed by atoms with E-state index in [0.717, 1.165) is 19.3 Å². The van der Waals surface area contributed by atoms with Crippen molar-refractivity contribution in [3.05, 3.63) is 46.7 Å². The fourth-order valence-corrected chi connectivity index (χ4v) is 2.99. The van der Waals surface area contributed by atoms with Crippen LogP contribution in [0.2, 0.25) is 0 Å². The van der Waals surface area contributed by atoms with Gasteiger partial charge in [0.2, 0.25) is 5.95 Å². The van der Waals surface area contributed by atoms with E-state index in [1.165, 1.54) is 16.8 Å². The summed E-state index contributed by atoms with van der Waals surface area (Å²) >= 11 is 0. The van der Waals surface area contributed by atoms with Gasteiger partial charge in [0.1, 0.15) is 6.04 Å². The van der Waals surface area contributed by atoms with E-state index >= 15 is 0 Å². The summed E-state index contributed by atoms with van der Waals surface area (Å²) in [5.41, 5.74) is 1.85. The molecule has 0 unspecified atom stereocenters. The van der Waals surface area contributed by atoms with Crippen LogP contribution in [0, 0.1) is 0 Å². The quantitative estimate of drug-likeness (QED) is 0.562. The number of hydrogen-bond acceptors (Lipinski definition) is 7. The van der Waals surface area contributed by atoms with Crippen molar-refractivity contribution in [3.8, 4) is 0 Å². The van der Waals surface area contributed by atoms with E-state index in [9.17, 15) is 9.59 Å². The predicted octanol–water partition coefficient (Wildman–Crippen LogP) is 2.39. The number of ether oxygens (including phenoxy) is 1. The Kier molecular flexibility index (Phi) is 5.49. The molecule has 2 heterocycles. The molecule has 1 aliphatic rings. The first kappa shape index (κ1) is 18.6. The largest absolute Gasteiger partial charge is 0.478 e. The van der Waals surface area contributed by atoms with Gasteiger partial charge in [0.05, 0.1) is 17.7 Å². The molecule has 27 heavy (non-hydrogen) atoms. The van der Waals surface area contributed by atoms with E-state index in [4.69, 9.17) is 9.84 Å². The first-order valence-electron chi connectivity index (χ1n) is 8.79. The molecule has 2 aromatic rings. The lowest BCUT2D eigenvalue weighted by molar-refractivity contribution is -0.139. The van der Waals surface area contributed by atoms with Crippen LogP contribution >= 0.6 is 0 Å². The van der Waals surface area contributed by atoms with Gasteiger partial charge >= 0.3 is 11.9 Å². The van der Waals surface area contributed by atoms with Crippen molar-refractivity contribution in [3.63, 3.8) is 0 Å². The number of tetrazole rings is 1. The highest BCUT2D eigenvalue weighted by Crippen LogP contribution is 2.34. The minimum absolute atomic E-state index is 0.161. The van der Waals surface area contributed by atoms with Gasteiger partial charge in [-0.3, -0.25) is 0 Å².